The van der Waals surface area contributed by atoms with Gasteiger partial charge in [0.05, 0.1) is 5.69 Å². The molecule has 0 aliphatic heterocycles. The average Bonchev–Trinajstić information content (AvgIpc) is 3.20. The van der Waals surface area contributed by atoms with Crippen molar-refractivity contribution in [2.75, 3.05) is 6.61 Å². The summed E-state index contributed by atoms with van der Waals surface area (Å²) >= 11 is 1.35. The third-order valence-corrected chi connectivity index (χ3v) is 5.95. The van der Waals surface area contributed by atoms with E-state index in [1.807, 2.05) is 6.92 Å². The van der Waals surface area contributed by atoms with Crippen LogP contribution in [0.3, 0.4) is 0 Å². The van der Waals surface area contributed by atoms with Crippen molar-refractivity contribution >= 4 is 17.3 Å². The summed E-state index contributed by atoms with van der Waals surface area (Å²) in [7, 11) is 0. The summed E-state index contributed by atoms with van der Waals surface area (Å²) in [6.45, 7) is 4.93. The van der Waals surface area contributed by atoms with Crippen LogP contribution in [0.15, 0.2) is 0 Å². The molecule has 0 atom stereocenters. The molecule has 116 valence electrons. The zero-order valence-corrected chi connectivity index (χ0v) is 13.5. The van der Waals surface area contributed by atoms with Gasteiger partial charge in [-0.2, -0.15) is 0 Å². The van der Waals surface area contributed by atoms with Crippen LogP contribution < -0.4 is 0 Å². The molecular formula is C16H23NO3S. The predicted octanol–water partition coefficient (Wildman–Crippen LogP) is 4.16. The molecule has 2 aliphatic rings. The van der Waals surface area contributed by atoms with Gasteiger partial charge in [-0.3, -0.25) is 0 Å². The average molecular weight is 309 g/mol. The molecule has 0 spiro atoms. The molecule has 1 N–H and O–H groups in total. The first kappa shape index (κ1) is 15.0. The second-order valence-electron chi connectivity index (χ2n) is 6.42. The first-order valence-electron chi connectivity index (χ1n) is 7.94. The lowest BCUT2D eigenvalue weighted by atomic mass is 9.79. The number of carbonyl (C=O) groups is 1. The van der Waals surface area contributed by atoms with E-state index in [2.05, 4.69) is 6.92 Å². The summed E-state index contributed by atoms with van der Waals surface area (Å²) in [4.78, 5) is 16.7. The molecule has 0 amide bonds. The van der Waals surface area contributed by atoms with Crippen molar-refractivity contribution in [3.63, 3.8) is 0 Å². The lowest BCUT2D eigenvalue weighted by molar-refractivity contribution is -0.0777. The van der Waals surface area contributed by atoms with E-state index >= 15 is 0 Å². The highest BCUT2D eigenvalue weighted by molar-refractivity contribution is 7.13. The van der Waals surface area contributed by atoms with Crippen LogP contribution in [0, 0.1) is 5.92 Å². The topological polar surface area (TPSA) is 59.4 Å². The Labute approximate surface area is 129 Å². The number of carboxylic acid groups (broad SMARTS) is 1. The monoisotopic (exact) mass is 309 g/mol. The van der Waals surface area contributed by atoms with E-state index in [-0.39, 0.29) is 5.60 Å². The van der Waals surface area contributed by atoms with Crippen molar-refractivity contribution in [1.29, 1.82) is 0 Å². The van der Waals surface area contributed by atoms with Crippen LogP contribution in [0.4, 0.5) is 0 Å². The van der Waals surface area contributed by atoms with Crippen LogP contribution >= 0.6 is 11.3 Å². The van der Waals surface area contributed by atoms with Gasteiger partial charge in [0, 0.05) is 12.5 Å². The summed E-state index contributed by atoms with van der Waals surface area (Å²) < 4.78 is 6.11. The Hall–Kier alpha value is -0.940. The van der Waals surface area contributed by atoms with Gasteiger partial charge < -0.3 is 9.84 Å². The molecule has 2 aliphatic carbocycles. The molecule has 4 nitrogen and oxygen atoms in total. The maximum atomic E-state index is 11.5. The van der Waals surface area contributed by atoms with E-state index in [0.717, 1.165) is 55.1 Å². The largest absolute Gasteiger partial charge is 0.477 e. The van der Waals surface area contributed by atoms with E-state index in [1.165, 1.54) is 11.3 Å². The van der Waals surface area contributed by atoms with Gasteiger partial charge in [0.1, 0.15) is 15.5 Å². The minimum atomic E-state index is -0.837. The van der Waals surface area contributed by atoms with Crippen LogP contribution in [0.5, 0.6) is 0 Å². The Balaban J connectivity index is 1.95. The lowest BCUT2D eigenvalue weighted by Gasteiger charge is -2.37. The molecule has 5 heteroatoms. The molecule has 1 aromatic rings. The summed E-state index contributed by atoms with van der Waals surface area (Å²) in [6.07, 6.45) is 6.31. The number of thiazole rings is 1. The van der Waals surface area contributed by atoms with E-state index in [9.17, 15) is 9.90 Å². The summed E-state index contributed by atoms with van der Waals surface area (Å²) in [5.41, 5.74) is 0.462. The summed E-state index contributed by atoms with van der Waals surface area (Å²) in [5.74, 6) is 0.249. The fraction of sp³-hybridized carbons (Fsp3) is 0.750. The van der Waals surface area contributed by atoms with E-state index in [4.69, 9.17) is 9.72 Å². The molecular weight excluding hydrogens is 286 g/mol. The molecule has 0 unspecified atom stereocenters. The Morgan fingerprint density at radius 1 is 1.38 bits per heavy atom. The van der Waals surface area contributed by atoms with E-state index < -0.39 is 5.97 Å². The quantitative estimate of drug-likeness (QED) is 0.887. The number of hydrogen-bond donors (Lipinski definition) is 1. The SMILES string of the molecule is CCOC1(c2nc(C3CC3)c(C(=O)O)s2)CCC(C)CC1. The molecule has 0 radical (unpaired) electrons. The zero-order valence-electron chi connectivity index (χ0n) is 12.7. The minimum Gasteiger partial charge on any atom is -0.477 e. The van der Waals surface area contributed by atoms with Gasteiger partial charge in [-0.25, -0.2) is 9.78 Å². The van der Waals surface area contributed by atoms with Crippen LogP contribution in [0.1, 0.15) is 78.7 Å². The third kappa shape index (κ3) is 2.86. The van der Waals surface area contributed by atoms with Gasteiger partial charge in [0.2, 0.25) is 0 Å². The Morgan fingerprint density at radius 2 is 2.05 bits per heavy atom. The molecule has 21 heavy (non-hydrogen) atoms. The Kier molecular flexibility index (Phi) is 4.06. The summed E-state index contributed by atoms with van der Waals surface area (Å²) in [6, 6.07) is 0. The standard InChI is InChI=1S/C16H23NO3S/c1-3-20-16(8-6-10(2)7-9-16)15-17-12(11-4-5-11)13(21-15)14(18)19/h10-11H,3-9H2,1-2H3,(H,18,19). The minimum absolute atomic E-state index is 0.344. The second kappa shape index (κ2) is 5.69. The fourth-order valence-corrected chi connectivity index (χ4v) is 4.43. The number of aromatic carboxylic acids is 1. The normalized spacial score (nSPS) is 29.5. The molecule has 2 fully saturated rings. The first-order valence-corrected chi connectivity index (χ1v) is 8.76. The van der Waals surface area contributed by atoms with Crippen LogP contribution in [-0.4, -0.2) is 22.7 Å². The third-order valence-electron chi connectivity index (χ3n) is 4.70. The second-order valence-corrected chi connectivity index (χ2v) is 7.42. The highest BCUT2D eigenvalue weighted by Gasteiger charge is 2.42. The van der Waals surface area contributed by atoms with Crippen molar-refractivity contribution in [2.45, 2.75) is 63.9 Å². The van der Waals surface area contributed by atoms with E-state index in [0.29, 0.717) is 17.4 Å². The van der Waals surface area contributed by atoms with Crippen molar-refractivity contribution in [3.05, 3.63) is 15.6 Å². The number of hydrogen-bond acceptors (Lipinski definition) is 4. The van der Waals surface area contributed by atoms with Crippen LogP contribution in [0.2, 0.25) is 0 Å². The van der Waals surface area contributed by atoms with Gasteiger partial charge >= 0.3 is 5.97 Å². The maximum absolute atomic E-state index is 11.5. The van der Waals surface area contributed by atoms with Crippen LogP contribution in [0.25, 0.3) is 0 Å². The first-order chi connectivity index (χ1) is 10.1. The zero-order chi connectivity index (χ0) is 15.0. The number of nitrogens with zero attached hydrogens (tertiary/aromatic N) is 1. The number of carboxylic acids is 1. The van der Waals surface area contributed by atoms with Gasteiger partial charge in [-0.05, 0) is 51.4 Å². The lowest BCUT2D eigenvalue weighted by Crippen LogP contribution is -2.34. The number of rotatable bonds is 5. The van der Waals surface area contributed by atoms with Crippen molar-refractivity contribution < 1.29 is 14.6 Å². The van der Waals surface area contributed by atoms with E-state index in [1.54, 1.807) is 0 Å². The Morgan fingerprint density at radius 3 is 2.57 bits per heavy atom. The summed E-state index contributed by atoms with van der Waals surface area (Å²) in [5, 5.41) is 10.3. The number of aromatic nitrogens is 1. The van der Waals surface area contributed by atoms with Crippen molar-refractivity contribution in [2.24, 2.45) is 5.92 Å². The molecule has 1 aromatic heterocycles. The molecule has 0 saturated heterocycles. The van der Waals surface area contributed by atoms with Crippen molar-refractivity contribution in [3.8, 4) is 0 Å². The van der Waals surface area contributed by atoms with Crippen LogP contribution in [-0.2, 0) is 10.3 Å². The molecule has 1 heterocycles. The maximum Gasteiger partial charge on any atom is 0.347 e. The van der Waals surface area contributed by atoms with Gasteiger partial charge in [-0.15, -0.1) is 11.3 Å². The Bertz CT molecular complexity index is 528. The van der Waals surface area contributed by atoms with Crippen molar-refractivity contribution in [1.82, 2.24) is 4.98 Å². The predicted molar refractivity (Wildman–Crippen MR) is 82.0 cm³/mol. The highest BCUT2D eigenvalue weighted by Crippen LogP contribution is 2.48. The van der Waals surface area contributed by atoms with Gasteiger partial charge in [-0.1, -0.05) is 6.92 Å². The molecule has 0 bridgehead atoms. The highest BCUT2D eigenvalue weighted by atomic mass is 32.1. The molecule has 3 rings (SSSR count). The molecule has 0 aromatic carbocycles. The smallest absolute Gasteiger partial charge is 0.347 e. The number of ether oxygens (including phenoxy) is 1. The van der Waals surface area contributed by atoms with Gasteiger partial charge in [0.25, 0.3) is 0 Å². The van der Waals surface area contributed by atoms with Gasteiger partial charge in [0.15, 0.2) is 0 Å². The fourth-order valence-electron chi connectivity index (χ4n) is 3.24. The molecule has 2 saturated carbocycles.